The SMILES string of the molecule is CCCCc1ccc(F)c([C@]23CO[C@@H](C)C[C@H]2[C@@H](CF)SC(N)=N3)c1. The molecule has 2 heterocycles. The highest BCUT2D eigenvalue weighted by molar-refractivity contribution is 8.14. The number of aliphatic imine (C=N–C) groups is 1. The number of ether oxygens (including phenoxy) is 1. The fourth-order valence-corrected chi connectivity index (χ4v) is 5.04. The second-order valence-electron chi connectivity index (χ2n) is 7.07. The van der Waals surface area contributed by atoms with Crippen LogP contribution in [-0.4, -0.2) is 29.8 Å². The van der Waals surface area contributed by atoms with Crippen LogP contribution in [0.1, 0.15) is 44.2 Å². The van der Waals surface area contributed by atoms with E-state index in [1.165, 1.54) is 17.8 Å². The van der Waals surface area contributed by atoms with E-state index in [0.717, 1.165) is 24.8 Å². The third-order valence-corrected chi connectivity index (χ3v) is 6.38. The molecule has 0 amide bonds. The Kier molecular flexibility index (Phi) is 5.68. The predicted octanol–water partition coefficient (Wildman–Crippen LogP) is 4.19. The van der Waals surface area contributed by atoms with E-state index in [2.05, 4.69) is 11.9 Å². The van der Waals surface area contributed by atoms with Crippen molar-refractivity contribution in [1.82, 2.24) is 0 Å². The number of rotatable bonds is 5. The molecule has 1 saturated heterocycles. The van der Waals surface area contributed by atoms with E-state index >= 15 is 0 Å². The maximum absolute atomic E-state index is 14.8. The molecule has 1 aromatic carbocycles. The van der Waals surface area contributed by atoms with Crippen molar-refractivity contribution in [3.8, 4) is 0 Å². The highest BCUT2D eigenvalue weighted by atomic mass is 32.2. The maximum atomic E-state index is 14.8. The molecule has 1 fully saturated rings. The van der Waals surface area contributed by atoms with Crippen LogP contribution in [0.4, 0.5) is 8.78 Å². The molecular formula is C19H26F2N2OS. The lowest BCUT2D eigenvalue weighted by atomic mass is 9.72. The number of nitrogens with two attached hydrogens (primary N) is 1. The Morgan fingerprint density at radius 1 is 1.44 bits per heavy atom. The molecule has 3 nitrogen and oxygen atoms in total. The van der Waals surface area contributed by atoms with Crippen LogP contribution >= 0.6 is 11.8 Å². The Hall–Kier alpha value is -1.14. The number of nitrogens with zero attached hydrogens (tertiary/aromatic N) is 1. The van der Waals surface area contributed by atoms with Crippen LogP contribution in [-0.2, 0) is 16.7 Å². The maximum Gasteiger partial charge on any atom is 0.155 e. The van der Waals surface area contributed by atoms with Gasteiger partial charge in [-0.2, -0.15) is 0 Å². The van der Waals surface area contributed by atoms with Gasteiger partial charge in [0.15, 0.2) is 5.17 Å². The number of hydrogen-bond donors (Lipinski definition) is 1. The minimum absolute atomic E-state index is 0.00800. The molecule has 0 aromatic heterocycles. The first-order valence-corrected chi connectivity index (χ1v) is 9.86. The molecule has 2 N–H and O–H groups in total. The molecule has 1 aromatic rings. The van der Waals surface area contributed by atoms with Crippen LogP contribution < -0.4 is 5.73 Å². The number of thioether (sulfide) groups is 1. The van der Waals surface area contributed by atoms with Crippen LogP contribution in [0.15, 0.2) is 23.2 Å². The molecule has 2 aliphatic rings. The summed E-state index contributed by atoms with van der Waals surface area (Å²) in [4.78, 5) is 4.65. The van der Waals surface area contributed by atoms with Gasteiger partial charge < -0.3 is 10.5 Å². The average molecular weight is 368 g/mol. The Labute approximate surface area is 152 Å². The van der Waals surface area contributed by atoms with Gasteiger partial charge in [-0.15, -0.1) is 0 Å². The summed E-state index contributed by atoms with van der Waals surface area (Å²) in [6.07, 6.45) is 3.67. The van der Waals surface area contributed by atoms with Crippen molar-refractivity contribution in [2.75, 3.05) is 13.3 Å². The lowest BCUT2D eigenvalue weighted by Gasteiger charge is -2.48. The van der Waals surface area contributed by atoms with E-state index in [1.54, 1.807) is 0 Å². The number of halogens is 2. The fourth-order valence-electron chi connectivity index (χ4n) is 3.95. The molecule has 2 aliphatic heterocycles. The van der Waals surface area contributed by atoms with E-state index in [-0.39, 0.29) is 29.7 Å². The zero-order valence-corrected chi connectivity index (χ0v) is 15.6. The number of alkyl halides is 1. The van der Waals surface area contributed by atoms with Crippen molar-refractivity contribution in [3.63, 3.8) is 0 Å². The second-order valence-corrected chi connectivity index (χ2v) is 8.33. The summed E-state index contributed by atoms with van der Waals surface area (Å²) in [5.74, 6) is -0.445. The van der Waals surface area contributed by atoms with Crippen LogP contribution in [0.3, 0.4) is 0 Å². The number of unbranched alkanes of at least 4 members (excludes halogenated alkanes) is 1. The van der Waals surface area contributed by atoms with Gasteiger partial charge >= 0.3 is 0 Å². The van der Waals surface area contributed by atoms with Gasteiger partial charge in [0, 0.05) is 16.7 Å². The molecule has 0 spiro atoms. The number of fused-ring (bicyclic) bond motifs is 1. The van der Waals surface area contributed by atoms with Gasteiger partial charge in [-0.1, -0.05) is 37.2 Å². The zero-order valence-electron chi connectivity index (χ0n) is 14.8. The molecule has 138 valence electrons. The molecule has 4 atom stereocenters. The molecule has 0 radical (unpaired) electrons. The van der Waals surface area contributed by atoms with E-state index in [4.69, 9.17) is 10.5 Å². The molecule has 25 heavy (non-hydrogen) atoms. The van der Waals surface area contributed by atoms with Gasteiger partial charge in [0.05, 0.1) is 12.7 Å². The Morgan fingerprint density at radius 2 is 2.24 bits per heavy atom. The minimum atomic E-state index is -0.926. The molecule has 3 rings (SSSR count). The molecular weight excluding hydrogens is 342 g/mol. The lowest BCUT2D eigenvalue weighted by Crippen LogP contribution is -2.53. The Bertz CT molecular complexity index is 654. The quantitative estimate of drug-likeness (QED) is 0.848. The first-order valence-electron chi connectivity index (χ1n) is 8.98. The van der Waals surface area contributed by atoms with Crippen LogP contribution in [0.25, 0.3) is 0 Å². The summed E-state index contributed by atoms with van der Waals surface area (Å²) >= 11 is 1.27. The first kappa shape index (κ1) is 18.6. The van der Waals surface area contributed by atoms with Gasteiger partial charge in [-0.25, -0.2) is 13.8 Å². The summed E-state index contributed by atoms with van der Waals surface area (Å²) in [6, 6.07) is 5.21. The normalized spacial score (nSPS) is 32.2. The minimum Gasteiger partial charge on any atom is -0.379 e. The monoisotopic (exact) mass is 368 g/mol. The van der Waals surface area contributed by atoms with Crippen LogP contribution in [0.2, 0.25) is 0 Å². The van der Waals surface area contributed by atoms with Crippen molar-refractivity contribution in [2.24, 2.45) is 16.6 Å². The van der Waals surface area contributed by atoms with Crippen molar-refractivity contribution in [1.29, 1.82) is 0 Å². The standard InChI is InChI=1S/C19H26F2N2OS/c1-3-4-5-13-6-7-16(21)14(9-13)19-11-24-12(2)8-15(19)17(10-20)25-18(22)23-19/h6-7,9,12,15,17H,3-5,8,10-11H2,1-2H3,(H2,22,23)/t12-,15-,17+,19+/m0/s1. The van der Waals surface area contributed by atoms with Crippen molar-refractivity contribution >= 4 is 16.9 Å². The predicted molar refractivity (Wildman–Crippen MR) is 99.2 cm³/mol. The van der Waals surface area contributed by atoms with Crippen molar-refractivity contribution in [2.45, 2.75) is 56.4 Å². The molecule has 0 aliphatic carbocycles. The summed E-state index contributed by atoms with van der Waals surface area (Å²) in [5.41, 5.74) is 6.65. The average Bonchev–Trinajstić information content (AvgIpc) is 2.60. The van der Waals surface area contributed by atoms with Crippen molar-refractivity contribution in [3.05, 3.63) is 35.1 Å². The van der Waals surface area contributed by atoms with Gasteiger partial charge in [0.2, 0.25) is 0 Å². The zero-order chi connectivity index (χ0) is 18.0. The highest BCUT2D eigenvalue weighted by Gasteiger charge is 2.52. The number of amidine groups is 1. The van der Waals surface area contributed by atoms with Crippen LogP contribution in [0, 0.1) is 11.7 Å². The van der Waals surface area contributed by atoms with Gasteiger partial charge in [-0.05, 0) is 37.8 Å². The summed E-state index contributed by atoms with van der Waals surface area (Å²) < 4.78 is 34.4. The summed E-state index contributed by atoms with van der Waals surface area (Å²) in [7, 11) is 0. The summed E-state index contributed by atoms with van der Waals surface area (Å²) in [6.45, 7) is 3.84. The van der Waals surface area contributed by atoms with E-state index in [9.17, 15) is 8.78 Å². The Balaban J connectivity index is 2.08. The third kappa shape index (κ3) is 3.56. The fraction of sp³-hybridized carbons (Fsp3) is 0.632. The topological polar surface area (TPSA) is 47.6 Å². The number of benzene rings is 1. The van der Waals surface area contributed by atoms with Crippen LogP contribution in [0.5, 0.6) is 0 Å². The van der Waals surface area contributed by atoms with Crippen molar-refractivity contribution < 1.29 is 13.5 Å². The Morgan fingerprint density at radius 3 is 2.96 bits per heavy atom. The molecule has 0 unspecified atom stereocenters. The third-order valence-electron chi connectivity index (χ3n) is 5.29. The first-order chi connectivity index (χ1) is 12.0. The molecule has 0 bridgehead atoms. The summed E-state index contributed by atoms with van der Waals surface area (Å²) in [5, 5.41) is -0.00189. The lowest BCUT2D eigenvalue weighted by molar-refractivity contribution is -0.0557. The number of aryl methyl sites for hydroxylation is 1. The largest absolute Gasteiger partial charge is 0.379 e. The number of hydrogen-bond acceptors (Lipinski definition) is 4. The molecule has 0 saturated carbocycles. The smallest absolute Gasteiger partial charge is 0.155 e. The second kappa shape index (κ2) is 7.62. The molecule has 6 heteroatoms. The van der Waals surface area contributed by atoms with E-state index < -0.39 is 12.2 Å². The van der Waals surface area contributed by atoms with Gasteiger partial charge in [-0.3, -0.25) is 0 Å². The van der Waals surface area contributed by atoms with E-state index in [1.807, 2.05) is 19.1 Å². The van der Waals surface area contributed by atoms with Gasteiger partial charge in [0.1, 0.15) is 18.0 Å². The van der Waals surface area contributed by atoms with Gasteiger partial charge in [0.25, 0.3) is 0 Å². The highest BCUT2D eigenvalue weighted by Crippen LogP contribution is 2.50. The van der Waals surface area contributed by atoms with E-state index in [0.29, 0.717) is 17.2 Å².